The molecule has 0 aliphatic carbocycles. The van der Waals surface area contributed by atoms with Crippen molar-refractivity contribution >= 4 is 11.6 Å². The number of hydrogen-bond donors (Lipinski definition) is 3. The zero-order valence-corrected chi connectivity index (χ0v) is 9.92. The van der Waals surface area contributed by atoms with Crippen LogP contribution in [0.15, 0.2) is 24.3 Å². The summed E-state index contributed by atoms with van der Waals surface area (Å²) in [6.45, 7) is 1.86. The van der Waals surface area contributed by atoms with Gasteiger partial charge in [-0.05, 0) is 23.8 Å². The average Bonchev–Trinajstić information content (AvgIpc) is 2.92. The zero-order chi connectivity index (χ0) is 13.0. The monoisotopic (exact) mass is 246 g/mol. The van der Waals surface area contributed by atoms with Crippen molar-refractivity contribution in [3.05, 3.63) is 24.3 Å². The molecule has 0 bridgehead atoms. The molecule has 94 valence electrons. The third-order valence-corrected chi connectivity index (χ3v) is 2.51. The average molecular weight is 246 g/mol. The Bertz CT molecular complexity index is 524. The molecule has 0 spiro atoms. The fourth-order valence-corrected chi connectivity index (χ4v) is 1.44. The van der Waals surface area contributed by atoms with Crippen LogP contribution in [0.1, 0.15) is 13.3 Å². The quantitative estimate of drug-likeness (QED) is 0.729. The van der Waals surface area contributed by atoms with Crippen molar-refractivity contribution in [1.29, 1.82) is 0 Å². The van der Waals surface area contributed by atoms with Gasteiger partial charge in [-0.1, -0.05) is 19.1 Å². The van der Waals surface area contributed by atoms with Crippen LogP contribution in [0, 0.1) is 0 Å². The summed E-state index contributed by atoms with van der Waals surface area (Å²) in [5.41, 5.74) is 7.07. The summed E-state index contributed by atoms with van der Waals surface area (Å²) in [6.07, 6.45) is 0.594. The van der Waals surface area contributed by atoms with E-state index < -0.39 is 6.04 Å². The first-order valence-electron chi connectivity index (χ1n) is 5.61. The molecule has 1 aromatic carbocycles. The van der Waals surface area contributed by atoms with Gasteiger partial charge in [0.2, 0.25) is 11.7 Å². The van der Waals surface area contributed by atoms with E-state index in [0.29, 0.717) is 17.9 Å². The summed E-state index contributed by atoms with van der Waals surface area (Å²) in [5.74, 6) is 0.272. The maximum Gasteiger partial charge on any atom is 0.241 e. The van der Waals surface area contributed by atoms with Crippen molar-refractivity contribution in [2.24, 2.45) is 5.73 Å². The van der Waals surface area contributed by atoms with Gasteiger partial charge in [-0.2, -0.15) is 5.21 Å². The van der Waals surface area contributed by atoms with Crippen LogP contribution in [0.5, 0.6) is 0 Å². The molecule has 4 N–H and O–H groups in total. The minimum absolute atomic E-state index is 0.206. The second-order valence-corrected chi connectivity index (χ2v) is 3.82. The van der Waals surface area contributed by atoms with Crippen LogP contribution >= 0.6 is 0 Å². The second-order valence-electron chi connectivity index (χ2n) is 3.82. The Hall–Kier alpha value is -2.28. The van der Waals surface area contributed by atoms with Gasteiger partial charge in [-0.25, -0.2) is 0 Å². The lowest BCUT2D eigenvalue weighted by molar-refractivity contribution is -0.117. The van der Waals surface area contributed by atoms with Crippen molar-refractivity contribution < 1.29 is 4.79 Å². The van der Waals surface area contributed by atoms with E-state index in [0.717, 1.165) is 5.56 Å². The first-order chi connectivity index (χ1) is 8.70. The summed E-state index contributed by atoms with van der Waals surface area (Å²) in [7, 11) is 0. The maximum atomic E-state index is 11.7. The van der Waals surface area contributed by atoms with Crippen LogP contribution in [0.2, 0.25) is 0 Å². The van der Waals surface area contributed by atoms with Crippen LogP contribution in [0.25, 0.3) is 11.4 Å². The molecule has 0 fully saturated rings. The van der Waals surface area contributed by atoms with Gasteiger partial charge in [-0.3, -0.25) is 4.79 Å². The van der Waals surface area contributed by atoms with Crippen LogP contribution < -0.4 is 11.1 Å². The molecule has 1 aromatic heterocycles. The van der Waals surface area contributed by atoms with Crippen LogP contribution in [-0.4, -0.2) is 32.6 Å². The molecule has 2 rings (SSSR count). The number of anilines is 1. The number of rotatable bonds is 4. The molecule has 1 heterocycles. The molecule has 0 saturated heterocycles. The molecule has 7 heteroatoms. The summed E-state index contributed by atoms with van der Waals surface area (Å²) in [4.78, 5) is 11.7. The fourth-order valence-electron chi connectivity index (χ4n) is 1.44. The van der Waals surface area contributed by atoms with Crippen LogP contribution in [0.3, 0.4) is 0 Å². The number of nitrogens with two attached hydrogens (primary N) is 1. The van der Waals surface area contributed by atoms with Gasteiger partial charge in [-0.15, -0.1) is 10.2 Å². The number of amides is 1. The first kappa shape index (κ1) is 12.2. The van der Waals surface area contributed by atoms with Gasteiger partial charge in [0.15, 0.2) is 0 Å². The molecule has 0 aliphatic heterocycles. The molecule has 18 heavy (non-hydrogen) atoms. The predicted molar refractivity (Wildman–Crippen MR) is 66.5 cm³/mol. The summed E-state index contributed by atoms with van der Waals surface area (Å²) < 4.78 is 0. The lowest BCUT2D eigenvalue weighted by Crippen LogP contribution is -2.34. The molecule has 0 saturated carbocycles. The minimum atomic E-state index is -0.501. The lowest BCUT2D eigenvalue weighted by atomic mass is 10.1. The topological polar surface area (TPSA) is 110 Å². The Labute approximate surface area is 104 Å². The molecule has 2 aromatic rings. The van der Waals surface area contributed by atoms with E-state index in [1.165, 1.54) is 0 Å². The Kier molecular flexibility index (Phi) is 3.63. The number of carbonyl (C=O) groups is 1. The molecule has 1 amide bonds. The van der Waals surface area contributed by atoms with Gasteiger partial charge < -0.3 is 11.1 Å². The van der Waals surface area contributed by atoms with Gasteiger partial charge in [0.05, 0.1) is 6.04 Å². The number of hydrogen-bond acceptors (Lipinski definition) is 5. The van der Waals surface area contributed by atoms with Crippen LogP contribution in [0.4, 0.5) is 5.69 Å². The normalized spacial score (nSPS) is 12.1. The van der Waals surface area contributed by atoms with E-state index in [1.807, 2.05) is 13.0 Å². The summed E-state index contributed by atoms with van der Waals surface area (Å²) in [6, 6.07) is 6.69. The Morgan fingerprint density at radius 1 is 1.56 bits per heavy atom. The minimum Gasteiger partial charge on any atom is -0.325 e. The fraction of sp³-hybridized carbons (Fsp3) is 0.273. The highest BCUT2D eigenvalue weighted by Gasteiger charge is 2.11. The van der Waals surface area contributed by atoms with Gasteiger partial charge in [0.1, 0.15) is 0 Å². The van der Waals surface area contributed by atoms with Crippen molar-refractivity contribution in [3.63, 3.8) is 0 Å². The standard InChI is InChI=1S/C11H14N6O/c1-2-9(12)11(18)13-8-5-3-4-7(6-8)10-14-16-17-15-10/h3-6,9H,2,12H2,1H3,(H,13,18)(H,14,15,16,17). The zero-order valence-electron chi connectivity index (χ0n) is 9.92. The highest BCUT2D eigenvalue weighted by molar-refractivity contribution is 5.95. The van der Waals surface area contributed by atoms with E-state index in [-0.39, 0.29) is 5.91 Å². The molecule has 0 aliphatic rings. The van der Waals surface area contributed by atoms with Gasteiger partial charge >= 0.3 is 0 Å². The van der Waals surface area contributed by atoms with E-state index in [4.69, 9.17) is 5.73 Å². The van der Waals surface area contributed by atoms with E-state index in [9.17, 15) is 4.79 Å². The third-order valence-electron chi connectivity index (χ3n) is 2.51. The molecule has 0 radical (unpaired) electrons. The number of nitrogens with one attached hydrogen (secondary N) is 2. The number of nitrogens with zero attached hydrogens (tertiary/aromatic N) is 3. The highest BCUT2D eigenvalue weighted by atomic mass is 16.2. The van der Waals surface area contributed by atoms with Crippen molar-refractivity contribution in [2.45, 2.75) is 19.4 Å². The largest absolute Gasteiger partial charge is 0.325 e. The summed E-state index contributed by atoms with van der Waals surface area (Å²) >= 11 is 0. The van der Waals surface area contributed by atoms with Gasteiger partial charge in [0.25, 0.3) is 0 Å². The van der Waals surface area contributed by atoms with Crippen LogP contribution in [-0.2, 0) is 4.79 Å². The Morgan fingerprint density at radius 3 is 3.06 bits per heavy atom. The number of aromatic amines is 1. The predicted octanol–water partition coefficient (Wildman–Crippen LogP) is 0.542. The van der Waals surface area contributed by atoms with Crippen molar-refractivity contribution in [2.75, 3.05) is 5.32 Å². The number of aromatic nitrogens is 4. The highest BCUT2D eigenvalue weighted by Crippen LogP contribution is 2.18. The molecular formula is C11H14N6O. The smallest absolute Gasteiger partial charge is 0.241 e. The molecule has 1 atom stereocenters. The van der Waals surface area contributed by atoms with Crippen molar-refractivity contribution in [3.8, 4) is 11.4 Å². The first-order valence-corrected chi connectivity index (χ1v) is 5.61. The van der Waals surface area contributed by atoms with E-state index >= 15 is 0 Å². The Morgan fingerprint density at radius 2 is 2.39 bits per heavy atom. The maximum absolute atomic E-state index is 11.7. The Balaban J connectivity index is 2.16. The number of H-pyrrole nitrogens is 1. The molecule has 7 nitrogen and oxygen atoms in total. The van der Waals surface area contributed by atoms with E-state index in [1.54, 1.807) is 18.2 Å². The van der Waals surface area contributed by atoms with Crippen molar-refractivity contribution in [1.82, 2.24) is 20.6 Å². The molecular weight excluding hydrogens is 232 g/mol. The number of carbonyl (C=O) groups excluding carboxylic acids is 1. The lowest BCUT2D eigenvalue weighted by Gasteiger charge is -2.10. The summed E-state index contributed by atoms with van der Waals surface area (Å²) in [5, 5.41) is 16.4. The SMILES string of the molecule is CCC(N)C(=O)Nc1cccc(-c2nn[nH]n2)c1. The van der Waals surface area contributed by atoms with E-state index in [2.05, 4.69) is 25.9 Å². The second kappa shape index (κ2) is 5.37. The third kappa shape index (κ3) is 2.69. The molecule has 1 unspecified atom stereocenters. The van der Waals surface area contributed by atoms with Gasteiger partial charge in [0, 0.05) is 11.3 Å². The number of benzene rings is 1. The number of tetrazole rings is 1.